The van der Waals surface area contributed by atoms with Gasteiger partial charge in [-0.25, -0.2) is 5.43 Å². The zero-order chi connectivity index (χ0) is 26.1. The molecule has 2 amide bonds. The number of carbonyl (C=O) groups is 2. The van der Waals surface area contributed by atoms with E-state index in [1.54, 1.807) is 38.3 Å². The third-order valence-electron chi connectivity index (χ3n) is 4.79. The molecule has 2 N–H and O–H groups in total. The summed E-state index contributed by atoms with van der Waals surface area (Å²) in [6, 6.07) is 7.33. The first-order valence-corrected chi connectivity index (χ1v) is 12.3. The van der Waals surface area contributed by atoms with Crippen LogP contribution in [-0.4, -0.2) is 44.4 Å². The summed E-state index contributed by atoms with van der Waals surface area (Å²) in [6.45, 7) is 5.46. The van der Waals surface area contributed by atoms with Crippen molar-refractivity contribution in [3.05, 3.63) is 50.4 Å². The minimum Gasteiger partial charge on any atom is -0.496 e. The maximum absolute atomic E-state index is 12.8. The first kappa shape index (κ1) is 28.7. The number of benzene rings is 2. The highest BCUT2D eigenvalue weighted by atomic mass is 79.9. The minimum absolute atomic E-state index is 0.134. The van der Waals surface area contributed by atoms with Gasteiger partial charge in [-0.2, -0.15) is 5.10 Å². The molecule has 2 aromatic rings. The number of hydrazone groups is 1. The van der Waals surface area contributed by atoms with E-state index in [0.717, 1.165) is 0 Å². The molecule has 11 heteroatoms. The molecule has 35 heavy (non-hydrogen) atoms. The van der Waals surface area contributed by atoms with Crippen molar-refractivity contribution in [3.63, 3.8) is 0 Å². The molecule has 0 radical (unpaired) electrons. The number of carbonyl (C=O) groups excluding carboxylic acids is 2. The summed E-state index contributed by atoms with van der Waals surface area (Å²) in [6.07, 6.45) is 0.947. The molecule has 190 valence electrons. The Labute approximate surface area is 223 Å². The summed E-state index contributed by atoms with van der Waals surface area (Å²) in [5.41, 5.74) is 3.10. The molecule has 0 aromatic heterocycles. The summed E-state index contributed by atoms with van der Waals surface area (Å²) in [5, 5.41) is 7.50. The van der Waals surface area contributed by atoms with Crippen molar-refractivity contribution in [2.24, 2.45) is 11.0 Å². The monoisotopic (exact) mass is 587 g/mol. The van der Waals surface area contributed by atoms with Gasteiger partial charge in [0, 0.05) is 16.7 Å². The summed E-state index contributed by atoms with van der Waals surface area (Å²) >= 11 is 15.4. The quantitative estimate of drug-likeness (QED) is 0.277. The number of halogens is 3. The van der Waals surface area contributed by atoms with Crippen molar-refractivity contribution in [1.82, 2.24) is 10.7 Å². The third kappa shape index (κ3) is 8.59. The number of hydrogen-bond acceptors (Lipinski definition) is 6. The Kier molecular flexibility index (Phi) is 11.1. The Morgan fingerprint density at radius 3 is 2.31 bits per heavy atom. The second-order valence-electron chi connectivity index (χ2n) is 7.99. The van der Waals surface area contributed by atoms with Crippen LogP contribution in [0.2, 0.25) is 10.0 Å². The fourth-order valence-electron chi connectivity index (χ4n) is 3.03. The Morgan fingerprint density at radius 2 is 1.71 bits per heavy atom. The van der Waals surface area contributed by atoms with Crippen LogP contribution in [-0.2, 0) is 9.59 Å². The molecule has 8 nitrogen and oxygen atoms in total. The van der Waals surface area contributed by atoms with Crippen LogP contribution in [0.25, 0.3) is 0 Å². The van der Waals surface area contributed by atoms with Gasteiger partial charge in [-0.1, -0.05) is 37.0 Å². The lowest BCUT2D eigenvalue weighted by molar-refractivity contribution is -0.132. The van der Waals surface area contributed by atoms with E-state index in [1.165, 1.54) is 19.4 Å². The van der Waals surface area contributed by atoms with Crippen LogP contribution in [0, 0.1) is 5.92 Å². The van der Waals surface area contributed by atoms with Crippen LogP contribution < -0.4 is 25.0 Å². The van der Waals surface area contributed by atoms with E-state index >= 15 is 0 Å². The zero-order valence-electron chi connectivity index (χ0n) is 20.0. The van der Waals surface area contributed by atoms with Gasteiger partial charge in [-0.15, -0.1) is 0 Å². The van der Waals surface area contributed by atoms with Crippen molar-refractivity contribution in [2.45, 2.75) is 39.3 Å². The topological polar surface area (TPSA) is 98.3 Å². The normalized spacial score (nSPS) is 12.8. The van der Waals surface area contributed by atoms with Gasteiger partial charge in [0.15, 0.2) is 6.10 Å². The molecule has 2 atom stereocenters. The molecule has 2 rings (SSSR count). The summed E-state index contributed by atoms with van der Waals surface area (Å²) < 4.78 is 17.0. The predicted molar refractivity (Wildman–Crippen MR) is 141 cm³/mol. The van der Waals surface area contributed by atoms with Gasteiger partial charge in [-0.05, 0) is 59.5 Å². The number of amides is 2. The maximum Gasteiger partial charge on any atom is 0.262 e. The number of nitrogens with one attached hydrogen (secondary N) is 2. The summed E-state index contributed by atoms with van der Waals surface area (Å²) in [7, 11) is 3.07. The van der Waals surface area contributed by atoms with Gasteiger partial charge in [0.1, 0.15) is 23.3 Å². The Bertz CT molecular complexity index is 1080. The molecular weight excluding hydrogens is 561 g/mol. The summed E-state index contributed by atoms with van der Waals surface area (Å²) in [5.74, 6) is 0.622. The van der Waals surface area contributed by atoms with E-state index in [-0.39, 0.29) is 10.9 Å². The van der Waals surface area contributed by atoms with E-state index < -0.39 is 24.0 Å². The molecule has 0 spiro atoms. The van der Waals surface area contributed by atoms with E-state index in [1.807, 2.05) is 13.8 Å². The van der Waals surface area contributed by atoms with E-state index in [9.17, 15) is 9.59 Å². The molecule has 0 bridgehead atoms. The number of rotatable bonds is 11. The van der Waals surface area contributed by atoms with Crippen molar-refractivity contribution in [1.29, 1.82) is 0 Å². The largest absolute Gasteiger partial charge is 0.496 e. The Balaban J connectivity index is 2.07. The number of ether oxygens (including phenoxy) is 3. The number of nitrogens with zero attached hydrogens (tertiary/aromatic N) is 1. The van der Waals surface area contributed by atoms with Crippen molar-refractivity contribution < 1.29 is 23.8 Å². The average molecular weight is 589 g/mol. The first-order chi connectivity index (χ1) is 16.5. The molecule has 0 saturated carbocycles. The van der Waals surface area contributed by atoms with Crippen LogP contribution in [0.15, 0.2) is 39.9 Å². The van der Waals surface area contributed by atoms with Crippen LogP contribution >= 0.6 is 39.1 Å². The maximum atomic E-state index is 12.8. The second kappa shape index (κ2) is 13.6. The average Bonchev–Trinajstić information content (AvgIpc) is 2.80. The van der Waals surface area contributed by atoms with E-state index in [0.29, 0.717) is 38.7 Å². The Morgan fingerprint density at radius 1 is 1.03 bits per heavy atom. The van der Waals surface area contributed by atoms with Gasteiger partial charge >= 0.3 is 0 Å². The highest BCUT2D eigenvalue weighted by molar-refractivity contribution is 9.10. The first-order valence-electron chi connectivity index (χ1n) is 10.7. The lowest BCUT2D eigenvalue weighted by Gasteiger charge is -2.22. The van der Waals surface area contributed by atoms with Crippen LogP contribution in [0.3, 0.4) is 0 Å². The fourth-order valence-corrected chi connectivity index (χ4v) is 4.01. The van der Waals surface area contributed by atoms with Gasteiger partial charge in [-0.3, -0.25) is 9.59 Å². The highest BCUT2D eigenvalue weighted by Crippen LogP contribution is 2.32. The highest BCUT2D eigenvalue weighted by Gasteiger charge is 2.25. The molecular formula is C24H28BrCl2N3O5. The lowest BCUT2D eigenvalue weighted by atomic mass is 10.0. The fraction of sp³-hybridized carbons (Fsp3) is 0.375. The van der Waals surface area contributed by atoms with Crippen LogP contribution in [0.4, 0.5) is 0 Å². The molecule has 2 aromatic carbocycles. The SMILES string of the molecule is COc1cc(OC)c(/C=N\NC(=O)[C@H](CC(C)C)NC(=O)[C@@H](C)Oc2ccc(Cl)cc2Cl)cc1Br. The summed E-state index contributed by atoms with van der Waals surface area (Å²) in [4.78, 5) is 25.6. The van der Waals surface area contributed by atoms with Crippen molar-refractivity contribution in [2.75, 3.05) is 14.2 Å². The molecule has 0 unspecified atom stereocenters. The molecule has 0 aliphatic rings. The zero-order valence-corrected chi connectivity index (χ0v) is 23.1. The van der Waals surface area contributed by atoms with E-state index in [2.05, 4.69) is 31.8 Å². The second-order valence-corrected chi connectivity index (χ2v) is 9.69. The van der Waals surface area contributed by atoms with Crippen LogP contribution in [0.1, 0.15) is 32.8 Å². The van der Waals surface area contributed by atoms with E-state index in [4.69, 9.17) is 37.4 Å². The molecule has 0 fully saturated rings. The van der Waals surface area contributed by atoms with Crippen LogP contribution in [0.5, 0.6) is 17.2 Å². The molecule has 0 aliphatic carbocycles. The predicted octanol–water partition coefficient (Wildman–Crippen LogP) is 5.22. The van der Waals surface area contributed by atoms with Gasteiger partial charge in [0.25, 0.3) is 11.8 Å². The molecule has 0 saturated heterocycles. The molecule has 0 aliphatic heterocycles. The molecule has 0 heterocycles. The lowest BCUT2D eigenvalue weighted by Crippen LogP contribution is -2.49. The Hall–Kier alpha value is -2.49. The third-order valence-corrected chi connectivity index (χ3v) is 5.94. The van der Waals surface area contributed by atoms with Gasteiger partial charge in [0.2, 0.25) is 0 Å². The van der Waals surface area contributed by atoms with Crippen molar-refractivity contribution in [3.8, 4) is 17.2 Å². The van der Waals surface area contributed by atoms with Crippen molar-refractivity contribution >= 4 is 57.2 Å². The standard InChI is InChI=1S/C24H28BrCl2N3O5/c1-13(2)8-19(29-23(31)14(3)35-20-7-6-16(26)10-18(20)27)24(32)30-28-12-15-9-17(25)22(34-5)11-21(15)33-4/h6-7,9-14,19H,8H2,1-5H3,(H,29,31)(H,30,32)/b28-12-/t14-,19+/m1/s1. The number of methoxy groups -OCH3 is 2. The number of hydrogen-bond donors (Lipinski definition) is 2. The smallest absolute Gasteiger partial charge is 0.262 e. The minimum atomic E-state index is -0.902. The van der Waals surface area contributed by atoms with Gasteiger partial charge in [0.05, 0.1) is 29.9 Å². The van der Waals surface area contributed by atoms with Gasteiger partial charge < -0.3 is 19.5 Å².